The molecular weight excluding hydrogens is 314 g/mol. The van der Waals surface area contributed by atoms with E-state index in [4.69, 9.17) is 14.7 Å². The Morgan fingerprint density at radius 2 is 1.88 bits per heavy atom. The summed E-state index contributed by atoms with van der Waals surface area (Å²) in [6.07, 6.45) is 0.0967. The summed E-state index contributed by atoms with van der Waals surface area (Å²) < 4.78 is 8.00. The standard InChI is InChI=1S/C19H23N5O/c1-13-10-14(2)24(22-13)12-16-11-23(8-9-25-16)19-15(3)20-17-6-4-5-7-18(17)21-19/h4-7,10,16H,8-9,11-12H2,1-3H3. The van der Waals surface area contributed by atoms with Gasteiger partial charge in [0, 0.05) is 18.8 Å². The highest BCUT2D eigenvalue weighted by Gasteiger charge is 2.24. The second kappa shape index (κ2) is 6.44. The van der Waals surface area contributed by atoms with Crippen LogP contribution in [0.1, 0.15) is 17.1 Å². The van der Waals surface area contributed by atoms with Gasteiger partial charge in [0.2, 0.25) is 0 Å². The van der Waals surface area contributed by atoms with E-state index in [0.29, 0.717) is 6.61 Å². The van der Waals surface area contributed by atoms with Crippen LogP contribution in [-0.2, 0) is 11.3 Å². The Hall–Kier alpha value is -2.47. The molecule has 1 atom stereocenters. The number of para-hydroxylation sites is 2. The van der Waals surface area contributed by atoms with Gasteiger partial charge in [0.1, 0.15) is 0 Å². The first-order valence-corrected chi connectivity index (χ1v) is 8.71. The van der Waals surface area contributed by atoms with Gasteiger partial charge in [0.25, 0.3) is 0 Å². The lowest BCUT2D eigenvalue weighted by Crippen LogP contribution is -2.45. The fourth-order valence-corrected chi connectivity index (χ4v) is 3.45. The minimum absolute atomic E-state index is 0.0967. The van der Waals surface area contributed by atoms with Crippen LogP contribution >= 0.6 is 0 Å². The molecule has 3 heterocycles. The first-order valence-electron chi connectivity index (χ1n) is 8.71. The fourth-order valence-electron chi connectivity index (χ4n) is 3.45. The molecule has 6 nitrogen and oxygen atoms in total. The lowest BCUT2D eigenvalue weighted by Gasteiger charge is -2.34. The second-order valence-corrected chi connectivity index (χ2v) is 6.67. The van der Waals surface area contributed by atoms with Crippen molar-refractivity contribution in [2.45, 2.75) is 33.4 Å². The number of benzene rings is 1. The Bertz CT molecular complexity index is 904. The van der Waals surface area contributed by atoms with Crippen molar-refractivity contribution < 1.29 is 4.74 Å². The maximum absolute atomic E-state index is 5.97. The third-order valence-electron chi connectivity index (χ3n) is 4.64. The lowest BCUT2D eigenvalue weighted by atomic mass is 10.2. The molecule has 1 saturated heterocycles. The van der Waals surface area contributed by atoms with Crippen molar-refractivity contribution in [2.24, 2.45) is 0 Å². The molecule has 0 spiro atoms. The molecule has 0 saturated carbocycles. The molecule has 1 aliphatic heterocycles. The van der Waals surface area contributed by atoms with Crippen molar-refractivity contribution in [1.82, 2.24) is 19.7 Å². The minimum atomic E-state index is 0.0967. The molecule has 0 aliphatic carbocycles. The predicted molar refractivity (Wildman–Crippen MR) is 97.9 cm³/mol. The Balaban J connectivity index is 1.56. The third-order valence-corrected chi connectivity index (χ3v) is 4.64. The molecule has 1 fully saturated rings. The number of morpholine rings is 1. The van der Waals surface area contributed by atoms with Crippen LogP contribution in [0.2, 0.25) is 0 Å². The Morgan fingerprint density at radius 3 is 2.60 bits per heavy atom. The van der Waals surface area contributed by atoms with E-state index < -0.39 is 0 Å². The van der Waals surface area contributed by atoms with Crippen molar-refractivity contribution in [3.05, 3.63) is 47.4 Å². The number of hydrogen-bond acceptors (Lipinski definition) is 5. The number of ether oxygens (including phenoxy) is 1. The smallest absolute Gasteiger partial charge is 0.150 e. The number of nitrogens with zero attached hydrogens (tertiary/aromatic N) is 5. The average Bonchev–Trinajstić information content (AvgIpc) is 2.91. The van der Waals surface area contributed by atoms with Gasteiger partial charge in [-0.3, -0.25) is 4.68 Å². The average molecular weight is 337 g/mol. The molecule has 1 unspecified atom stereocenters. The van der Waals surface area contributed by atoms with Crippen molar-refractivity contribution in [3.63, 3.8) is 0 Å². The van der Waals surface area contributed by atoms with E-state index in [2.05, 4.69) is 23.0 Å². The molecule has 0 amide bonds. The molecular formula is C19H23N5O. The van der Waals surface area contributed by atoms with E-state index in [-0.39, 0.29) is 6.10 Å². The normalized spacial score (nSPS) is 18.0. The minimum Gasteiger partial charge on any atom is -0.373 e. The van der Waals surface area contributed by atoms with Gasteiger partial charge >= 0.3 is 0 Å². The van der Waals surface area contributed by atoms with Crippen molar-refractivity contribution >= 4 is 16.9 Å². The van der Waals surface area contributed by atoms with Crippen LogP contribution in [0.25, 0.3) is 11.0 Å². The van der Waals surface area contributed by atoms with E-state index in [1.165, 1.54) is 5.69 Å². The SMILES string of the molecule is Cc1cc(C)n(CC2CN(c3nc4ccccc4nc3C)CCO2)n1. The summed E-state index contributed by atoms with van der Waals surface area (Å²) in [5.41, 5.74) is 5.05. The van der Waals surface area contributed by atoms with Crippen LogP contribution in [0.15, 0.2) is 30.3 Å². The van der Waals surface area contributed by atoms with Gasteiger partial charge < -0.3 is 9.64 Å². The zero-order chi connectivity index (χ0) is 17.4. The zero-order valence-corrected chi connectivity index (χ0v) is 14.9. The second-order valence-electron chi connectivity index (χ2n) is 6.67. The Labute approximate surface area is 147 Å². The van der Waals surface area contributed by atoms with Crippen molar-refractivity contribution in [1.29, 1.82) is 0 Å². The van der Waals surface area contributed by atoms with Crippen molar-refractivity contribution in [3.8, 4) is 0 Å². The maximum Gasteiger partial charge on any atom is 0.150 e. The molecule has 0 bridgehead atoms. The Morgan fingerprint density at radius 1 is 1.12 bits per heavy atom. The molecule has 25 heavy (non-hydrogen) atoms. The van der Waals surface area contributed by atoms with E-state index in [1.54, 1.807) is 0 Å². The summed E-state index contributed by atoms with van der Waals surface area (Å²) in [4.78, 5) is 11.8. The fraction of sp³-hybridized carbons (Fsp3) is 0.421. The van der Waals surface area contributed by atoms with Crippen LogP contribution in [-0.4, -0.2) is 45.5 Å². The third kappa shape index (κ3) is 3.22. The molecule has 4 rings (SSSR count). The molecule has 130 valence electrons. The van der Waals surface area contributed by atoms with Crippen LogP contribution < -0.4 is 4.90 Å². The van der Waals surface area contributed by atoms with Gasteiger partial charge in [-0.2, -0.15) is 5.10 Å². The summed E-state index contributed by atoms with van der Waals surface area (Å²) in [5.74, 6) is 0.959. The quantitative estimate of drug-likeness (QED) is 0.735. The first-order chi connectivity index (χ1) is 12.1. The topological polar surface area (TPSA) is 56.1 Å². The maximum atomic E-state index is 5.97. The van der Waals surface area contributed by atoms with Crippen LogP contribution in [0.3, 0.4) is 0 Å². The number of rotatable bonds is 3. The monoisotopic (exact) mass is 337 g/mol. The molecule has 1 aromatic carbocycles. The molecule has 3 aromatic rings. The van der Waals surface area contributed by atoms with Gasteiger partial charge in [0.05, 0.1) is 41.7 Å². The van der Waals surface area contributed by atoms with Crippen LogP contribution in [0.5, 0.6) is 0 Å². The number of aryl methyl sites for hydroxylation is 3. The summed E-state index contributed by atoms with van der Waals surface area (Å²) in [5, 5.41) is 4.55. The van der Waals surface area contributed by atoms with E-state index in [0.717, 1.165) is 47.9 Å². The van der Waals surface area contributed by atoms with Gasteiger partial charge in [-0.15, -0.1) is 0 Å². The van der Waals surface area contributed by atoms with Crippen LogP contribution in [0, 0.1) is 20.8 Å². The molecule has 0 N–H and O–H groups in total. The summed E-state index contributed by atoms with van der Waals surface area (Å²) in [7, 11) is 0. The molecule has 6 heteroatoms. The molecule has 2 aromatic heterocycles. The predicted octanol–water partition coefficient (Wildman–Crippen LogP) is 2.66. The zero-order valence-electron chi connectivity index (χ0n) is 14.9. The Kier molecular flexibility index (Phi) is 4.13. The highest BCUT2D eigenvalue weighted by atomic mass is 16.5. The van der Waals surface area contributed by atoms with Gasteiger partial charge in [-0.1, -0.05) is 12.1 Å². The van der Waals surface area contributed by atoms with E-state index in [9.17, 15) is 0 Å². The number of fused-ring (bicyclic) bond motifs is 1. The summed E-state index contributed by atoms with van der Waals surface area (Å²) >= 11 is 0. The van der Waals surface area contributed by atoms with E-state index >= 15 is 0 Å². The molecule has 1 aliphatic rings. The van der Waals surface area contributed by atoms with E-state index in [1.807, 2.05) is 42.8 Å². The lowest BCUT2D eigenvalue weighted by molar-refractivity contribution is 0.0267. The van der Waals surface area contributed by atoms with Gasteiger partial charge in [-0.05, 0) is 39.0 Å². The van der Waals surface area contributed by atoms with Gasteiger partial charge in [-0.25, -0.2) is 9.97 Å². The number of hydrogen-bond donors (Lipinski definition) is 0. The number of aromatic nitrogens is 4. The number of anilines is 1. The van der Waals surface area contributed by atoms with Gasteiger partial charge in [0.15, 0.2) is 5.82 Å². The summed E-state index contributed by atoms with van der Waals surface area (Å²) in [6.45, 7) is 9.22. The largest absolute Gasteiger partial charge is 0.373 e. The van der Waals surface area contributed by atoms with Crippen LogP contribution in [0.4, 0.5) is 5.82 Å². The van der Waals surface area contributed by atoms with Crippen molar-refractivity contribution in [2.75, 3.05) is 24.6 Å². The first kappa shape index (κ1) is 16.0. The molecule has 0 radical (unpaired) electrons. The summed E-state index contributed by atoms with van der Waals surface area (Å²) in [6, 6.07) is 10.1. The highest BCUT2D eigenvalue weighted by molar-refractivity contribution is 5.76. The highest BCUT2D eigenvalue weighted by Crippen LogP contribution is 2.22.